The molecular formula is C10H16N4O2. The quantitative estimate of drug-likeness (QED) is 0.633. The van der Waals surface area contributed by atoms with Gasteiger partial charge in [0.2, 0.25) is 0 Å². The lowest BCUT2D eigenvalue weighted by atomic mass is 9.95. The molecule has 1 saturated carbocycles. The molecule has 0 spiro atoms. The highest BCUT2D eigenvalue weighted by atomic mass is 16.2. The lowest BCUT2D eigenvalue weighted by Gasteiger charge is -2.23. The number of nitrogens with one attached hydrogen (secondary N) is 1. The van der Waals surface area contributed by atoms with E-state index in [0.717, 1.165) is 32.1 Å². The number of nitrogens with two attached hydrogens (primary N) is 2. The van der Waals surface area contributed by atoms with E-state index in [2.05, 4.69) is 4.98 Å². The first-order valence-electron chi connectivity index (χ1n) is 5.51. The number of anilines is 2. The summed E-state index contributed by atoms with van der Waals surface area (Å²) in [6.07, 6.45) is 4.95. The van der Waals surface area contributed by atoms with Crippen LogP contribution in [0.15, 0.2) is 9.59 Å². The standard InChI is InChI=1S/C10H16N4O2/c11-7-8(12)13-10(16)14(9(7)15)6-4-2-1-3-5-6/h6H,1-5,11-12H2,(H,13,16). The Morgan fingerprint density at radius 3 is 2.38 bits per heavy atom. The Bertz CT molecular complexity index is 497. The summed E-state index contributed by atoms with van der Waals surface area (Å²) in [5, 5.41) is 0. The van der Waals surface area contributed by atoms with Crippen LogP contribution in [0.25, 0.3) is 0 Å². The monoisotopic (exact) mass is 224 g/mol. The summed E-state index contributed by atoms with van der Waals surface area (Å²) in [5.74, 6) is -0.0398. The molecule has 0 bridgehead atoms. The topological polar surface area (TPSA) is 107 Å². The Morgan fingerprint density at radius 2 is 1.75 bits per heavy atom. The number of H-pyrrole nitrogens is 1. The van der Waals surface area contributed by atoms with Crippen molar-refractivity contribution in [2.24, 2.45) is 0 Å². The number of hydrogen-bond acceptors (Lipinski definition) is 4. The first kappa shape index (κ1) is 10.8. The zero-order valence-electron chi connectivity index (χ0n) is 9.03. The van der Waals surface area contributed by atoms with Crippen LogP contribution in [0.2, 0.25) is 0 Å². The van der Waals surface area contributed by atoms with Crippen LogP contribution in [0, 0.1) is 0 Å². The van der Waals surface area contributed by atoms with Crippen LogP contribution in [0.5, 0.6) is 0 Å². The maximum Gasteiger partial charge on any atom is 0.330 e. The molecule has 0 saturated heterocycles. The summed E-state index contributed by atoms with van der Waals surface area (Å²) in [7, 11) is 0. The maximum absolute atomic E-state index is 11.8. The Labute approximate surface area is 92.3 Å². The van der Waals surface area contributed by atoms with Gasteiger partial charge in [-0.3, -0.25) is 14.3 Å². The largest absolute Gasteiger partial charge is 0.391 e. The molecule has 1 aromatic heterocycles. The van der Waals surface area contributed by atoms with Crippen molar-refractivity contribution in [3.63, 3.8) is 0 Å². The highest BCUT2D eigenvalue weighted by molar-refractivity contribution is 5.55. The normalized spacial score (nSPS) is 17.5. The molecule has 1 heterocycles. The van der Waals surface area contributed by atoms with Gasteiger partial charge in [0.15, 0.2) is 0 Å². The minimum atomic E-state index is -0.465. The average Bonchev–Trinajstić information content (AvgIpc) is 2.28. The molecule has 1 aromatic rings. The number of rotatable bonds is 1. The second-order valence-corrected chi connectivity index (χ2v) is 4.22. The van der Waals surface area contributed by atoms with Gasteiger partial charge in [-0.05, 0) is 12.8 Å². The molecule has 0 aliphatic heterocycles. The second-order valence-electron chi connectivity index (χ2n) is 4.22. The number of aromatic nitrogens is 2. The van der Waals surface area contributed by atoms with E-state index < -0.39 is 11.2 Å². The fourth-order valence-electron chi connectivity index (χ4n) is 2.25. The number of nitrogen functional groups attached to an aromatic ring is 2. The SMILES string of the molecule is Nc1[nH]c(=O)n(C2CCCCC2)c(=O)c1N. The molecular weight excluding hydrogens is 208 g/mol. The van der Waals surface area contributed by atoms with E-state index in [-0.39, 0.29) is 17.5 Å². The van der Waals surface area contributed by atoms with Crippen LogP contribution in [-0.4, -0.2) is 9.55 Å². The number of nitrogens with zero attached hydrogens (tertiary/aromatic N) is 1. The molecule has 0 amide bonds. The van der Waals surface area contributed by atoms with Gasteiger partial charge in [0.05, 0.1) is 0 Å². The van der Waals surface area contributed by atoms with Gasteiger partial charge in [0.25, 0.3) is 5.56 Å². The molecule has 2 rings (SSSR count). The van der Waals surface area contributed by atoms with Crippen LogP contribution in [-0.2, 0) is 0 Å². The minimum Gasteiger partial charge on any atom is -0.391 e. The van der Waals surface area contributed by atoms with Gasteiger partial charge in [-0.1, -0.05) is 19.3 Å². The van der Waals surface area contributed by atoms with E-state index in [0.29, 0.717) is 0 Å². The third kappa shape index (κ3) is 1.70. The highest BCUT2D eigenvalue weighted by Gasteiger charge is 2.20. The summed E-state index contributed by atoms with van der Waals surface area (Å²) in [6, 6.07) is -0.0344. The Kier molecular flexibility index (Phi) is 2.72. The van der Waals surface area contributed by atoms with Gasteiger partial charge in [-0.15, -0.1) is 0 Å². The average molecular weight is 224 g/mol. The number of hydrogen-bond donors (Lipinski definition) is 3. The fraction of sp³-hybridized carbons (Fsp3) is 0.600. The Morgan fingerprint density at radius 1 is 1.12 bits per heavy atom. The molecule has 1 aliphatic carbocycles. The van der Waals surface area contributed by atoms with Gasteiger partial charge >= 0.3 is 5.69 Å². The summed E-state index contributed by atoms with van der Waals surface area (Å²) in [5.41, 5.74) is 9.97. The fourth-order valence-corrected chi connectivity index (χ4v) is 2.25. The second kappa shape index (κ2) is 4.03. The van der Waals surface area contributed by atoms with Crippen LogP contribution in [0.1, 0.15) is 38.1 Å². The summed E-state index contributed by atoms with van der Waals surface area (Å²) in [4.78, 5) is 25.9. The minimum absolute atomic E-state index is 0.0344. The Balaban J connectivity index is 2.51. The van der Waals surface area contributed by atoms with E-state index in [4.69, 9.17) is 11.5 Å². The van der Waals surface area contributed by atoms with Gasteiger partial charge in [0.1, 0.15) is 11.5 Å². The van der Waals surface area contributed by atoms with Crippen molar-refractivity contribution in [3.8, 4) is 0 Å². The summed E-state index contributed by atoms with van der Waals surface area (Å²) in [6.45, 7) is 0. The molecule has 1 aliphatic rings. The van der Waals surface area contributed by atoms with Gasteiger partial charge in [-0.25, -0.2) is 4.79 Å². The van der Waals surface area contributed by atoms with Gasteiger partial charge < -0.3 is 11.5 Å². The first-order chi connectivity index (χ1) is 7.61. The molecule has 0 aromatic carbocycles. The third-order valence-corrected chi connectivity index (χ3v) is 3.14. The molecule has 88 valence electrons. The summed E-state index contributed by atoms with van der Waals surface area (Å²) >= 11 is 0. The van der Waals surface area contributed by atoms with Crippen LogP contribution < -0.4 is 22.7 Å². The zero-order valence-corrected chi connectivity index (χ0v) is 9.03. The molecule has 6 nitrogen and oxygen atoms in total. The number of aromatic amines is 1. The molecule has 1 fully saturated rings. The van der Waals surface area contributed by atoms with Gasteiger partial charge in [0, 0.05) is 6.04 Å². The lowest BCUT2D eigenvalue weighted by molar-refractivity contribution is 0.337. The van der Waals surface area contributed by atoms with Crippen molar-refractivity contribution in [2.45, 2.75) is 38.1 Å². The van der Waals surface area contributed by atoms with Crippen LogP contribution >= 0.6 is 0 Å². The van der Waals surface area contributed by atoms with Crippen molar-refractivity contribution in [1.82, 2.24) is 9.55 Å². The smallest absolute Gasteiger partial charge is 0.330 e. The van der Waals surface area contributed by atoms with Crippen molar-refractivity contribution < 1.29 is 0 Å². The van der Waals surface area contributed by atoms with Crippen LogP contribution in [0.3, 0.4) is 0 Å². The Hall–Kier alpha value is -1.72. The van der Waals surface area contributed by atoms with E-state index in [1.165, 1.54) is 4.57 Å². The van der Waals surface area contributed by atoms with E-state index >= 15 is 0 Å². The van der Waals surface area contributed by atoms with E-state index in [9.17, 15) is 9.59 Å². The highest BCUT2D eigenvalue weighted by Crippen LogP contribution is 2.26. The van der Waals surface area contributed by atoms with Gasteiger partial charge in [-0.2, -0.15) is 0 Å². The molecule has 0 atom stereocenters. The molecule has 16 heavy (non-hydrogen) atoms. The molecule has 0 radical (unpaired) electrons. The zero-order chi connectivity index (χ0) is 11.7. The maximum atomic E-state index is 11.8. The van der Waals surface area contributed by atoms with Crippen molar-refractivity contribution >= 4 is 11.5 Å². The third-order valence-electron chi connectivity index (χ3n) is 3.14. The predicted molar refractivity (Wildman–Crippen MR) is 62.3 cm³/mol. The van der Waals surface area contributed by atoms with Crippen molar-refractivity contribution in [1.29, 1.82) is 0 Å². The van der Waals surface area contributed by atoms with Crippen molar-refractivity contribution in [2.75, 3.05) is 11.5 Å². The van der Waals surface area contributed by atoms with E-state index in [1.54, 1.807) is 0 Å². The van der Waals surface area contributed by atoms with E-state index in [1.807, 2.05) is 0 Å². The molecule has 0 unspecified atom stereocenters. The summed E-state index contributed by atoms with van der Waals surface area (Å²) < 4.78 is 1.21. The lowest BCUT2D eigenvalue weighted by Crippen LogP contribution is -2.40. The first-order valence-corrected chi connectivity index (χ1v) is 5.51. The molecule has 5 N–H and O–H groups in total. The molecule has 6 heteroatoms. The predicted octanol–water partition coefficient (Wildman–Crippen LogP) is 0.206. The van der Waals surface area contributed by atoms with Crippen LogP contribution in [0.4, 0.5) is 11.5 Å². The van der Waals surface area contributed by atoms with Crippen molar-refractivity contribution in [3.05, 3.63) is 20.8 Å².